The van der Waals surface area contributed by atoms with Crippen molar-refractivity contribution in [1.29, 1.82) is 0 Å². The summed E-state index contributed by atoms with van der Waals surface area (Å²) in [5, 5.41) is 0. The summed E-state index contributed by atoms with van der Waals surface area (Å²) < 4.78 is 0. The lowest BCUT2D eigenvalue weighted by Crippen LogP contribution is -2.27. The summed E-state index contributed by atoms with van der Waals surface area (Å²) in [5.41, 5.74) is 0. The standard InChI is InChI=1S/C21H44/c1-10-12-17(7)21(14-19(9)16(5)6)20(11-2)13-18(8)15(3)4/h15-21H,10-14H2,1-9H3. The van der Waals surface area contributed by atoms with Gasteiger partial charge in [0.15, 0.2) is 0 Å². The van der Waals surface area contributed by atoms with Gasteiger partial charge in [0, 0.05) is 0 Å². The minimum atomic E-state index is 0.821. The Morgan fingerprint density at radius 2 is 1.10 bits per heavy atom. The molecule has 0 aliphatic heterocycles. The maximum atomic E-state index is 2.52. The van der Waals surface area contributed by atoms with Crippen molar-refractivity contribution in [2.24, 2.45) is 41.4 Å². The van der Waals surface area contributed by atoms with Gasteiger partial charge in [0.05, 0.1) is 0 Å². The van der Waals surface area contributed by atoms with E-state index >= 15 is 0 Å². The minimum absolute atomic E-state index is 0.821. The number of hydrogen-bond donors (Lipinski definition) is 0. The normalized spacial score (nSPS) is 19.6. The Bertz CT molecular complexity index is 240. The molecule has 0 N–H and O–H groups in total. The van der Waals surface area contributed by atoms with Gasteiger partial charge in [-0.25, -0.2) is 0 Å². The highest BCUT2D eigenvalue weighted by atomic mass is 14.3. The van der Waals surface area contributed by atoms with Crippen molar-refractivity contribution in [1.82, 2.24) is 0 Å². The Morgan fingerprint density at radius 1 is 0.619 bits per heavy atom. The molecule has 0 aliphatic carbocycles. The molecule has 0 bridgehead atoms. The summed E-state index contributed by atoms with van der Waals surface area (Å²) in [6, 6.07) is 0. The lowest BCUT2D eigenvalue weighted by atomic mass is 9.69. The van der Waals surface area contributed by atoms with E-state index in [1.54, 1.807) is 0 Å². The molecule has 0 nitrogen and oxygen atoms in total. The van der Waals surface area contributed by atoms with E-state index in [9.17, 15) is 0 Å². The van der Waals surface area contributed by atoms with E-state index in [2.05, 4.69) is 62.3 Å². The van der Waals surface area contributed by atoms with Gasteiger partial charge in [-0.2, -0.15) is 0 Å². The fraction of sp³-hybridized carbons (Fsp3) is 1.00. The SMILES string of the molecule is CCCC(C)C(CC(C)C(C)C)C(CC)CC(C)C(C)C. The van der Waals surface area contributed by atoms with Crippen LogP contribution < -0.4 is 0 Å². The Kier molecular flexibility index (Phi) is 10.7. The van der Waals surface area contributed by atoms with E-state index in [4.69, 9.17) is 0 Å². The summed E-state index contributed by atoms with van der Waals surface area (Å²) in [6.07, 6.45) is 6.96. The Labute approximate surface area is 136 Å². The predicted octanol–water partition coefficient (Wildman–Crippen LogP) is 7.43. The maximum Gasteiger partial charge on any atom is -0.0357 e. The average Bonchev–Trinajstić information content (AvgIpc) is 2.41. The van der Waals surface area contributed by atoms with Gasteiger partial charge < -0.3 is 0 Å². The summed E-state index contributed by atoms with van der Waals surface area (Å²) in [5.74, 6) is 6.10. The highest BCUT2D eigenvalue weighted by Gasteiger charge is 2.29. The Balaban J connectivity index is 4.95. The molecule has 0 aromatic carbocycles. The molecule has 0 aliphatic rings. The van der Waals surface area contributed by atoms with Crippen molar-refractivity contribution < 1.29 is 0 Å². The molecule has 0 aromatic rings. The lowest BCUT2D eigenvalue weighted by molar-refractivity contribution is 0.138. The van der Waals surface area contributed by atoms with Gasteiger partial charge in [0.1, 0.15) is 0 Å². The van der Waals surface area contributed by atoms with E-state index in [1.165, 1.54) is 32.1 Å². The fourth-order valence-corrected chi connectivity index (χ4v) is 3.65. The molecule has 0 radical (unpaired) electrons. The van der Waals surface area contributed by atoms with Gasteiger partial charge in [-0.1, -0.05) is 81.6 Å². The van der Waals surface area contributed by atoms with Crippen LogP contribution in [0.15, 0.2) is 0 Å². The van der Waals surface area contributed by atoms with Gasteiger partial charge in [-0.15, -0.1) is 0 Å². The van der Waals surface area contributed by atoms with Crippen molar-refractivity contribution in [3.63, 3.8) is 0 Å². The van der Waals surface area contributed by atoms with Crippen molar-refractivity contribution in [2.75, 3.05) is 0 Å². The summed E-state index contributed by atoms with van der Waals surface area (Å²) in [7, 11) is 0. The van der Waals surface area contributed by atoms with Crippen LogP contribution in [0.4, 0.5) is 0 Å². The average molecular weight is 297 g/mol. The van der Waals surface area contributed by atoms with Crippen molar-refractivity contribution >= 4 is 0 Å². The van der Waals surface area contributed by atoms with Crippen molar-refractivity contribution in [3.05, 3.63) is 0 Å². The van der Waals surface area contributed by atoms with E-state index in [0.717, 1.165) is 41.4 Å². The quantitative estimate of drug-likeness (QED) is 0.372. The molecule has 21 heavy (non-hydrogen) atoms. The molecule has 5 atom stereocenters. The molecule has 0 fully saturated rings. The zero-order valence-corrected chi connectivity index (χ0v) is 16.6. The first-order chi connectivity index (χ1) is 9.74. The molecule has 0 spiro atoms. The van der Waals surface area contributed by atoms with Crippen LogP contribution in [0.1, 0.15) is 94.4 Å². The topological polar surface area (TPSA) is 0 Å². The van der Waals surface area contributed by atoms with Crippen molar-refractivity contribution in [3.8, 4) is 0 Å². The van der Waals surface area contributed by atoms with Gasteiger partial charge in [0.25, 0.3) is 0 Å². The van der Waals surface area contributed by atoms with E-state index in [-0.39, 0.29) is 0 Å². The molecule has 5 unspecified atom stereocenters. The third kappa shape index (κ3) is 7.71. The summed E-state index contributed by atoms with van der Waals surface area (Å²) in [6.45, 7) is 21.8. The maximum absolute atomic E-state index is 2.52. The van der Waals surface area contributed by atoms with E-state index in [0.29, 0.717) is 0 Å². The van der Waals surface area contributed by atoms with E-state index < -0.39 is 0 Å². The molecule has 0 aromatic heterocycles. The molecular weight excluding hydrogens is 252 g/mol. The Morgan fingerprint density at radius 3 is 1.48 bits per heavy atom. The second kappa shape index (κ2) is 10.7. The Hall–Kier alpha value is 0. The van der Waals surface area contributed by atoms with Crippen LogP contribution in [0.3, 0.4) is 0 Å². The van der Waals surface area contributed by atoms with Crippen LogP contribution in [0.2, 0.25) is 0 Å². The molecule has 0 saturated carbocycles. The second-order valence-corrected chi connectivity index (χ2v) is 8.51. The smallest absolute Gasteiger partial charge is 0.0357 e. The largest absolute Gasteiger partial charge is 0.0654 e. The van der Waals surface area contributed by atoms with Gasteiger partial charge in [0.2, 0.25) is 0 Å². The van der Waals surface area contributed by atoms with Crippen LogP contribution in [-0.2, 0) is 0 Å². The van der Waals surface area contributed by atoms with E-state index in [1.807, 2.05) is 0 Å². The molecule has 0 heteroatoms. The highest BCUT2D eigenvalue weighted by Crippen LogP contribution is 2.38. The molecule has 0 amide bonds. The second-order valence-electron chi connectivity index (χ2n) is 8.51. The van der Waals surface area contributed by atoms with Crippen molar-refractivity contribution in [2.45, 2.75) is 94.4 Å². The van der Waals surface area contributed by atoms with Crippen LogP contribution in [0.5, 0.6) is 0 Å². The monoisotopic (exact) mass is 296 g/mol. The molecule has 128 valence electrons. The molecule has 0 rings (SSSR count). The predicted molar refractivity (Wildman–Crippen MR) is 98.6 cm³/mol. The first-order valence-corrected chi connectivity index (χ1v) is 9.74. The first kappa shape index (κ1) is 21.0. The minimum Gasteiger partial charge on any atom is -0.0654 e. The van der Waals surface area contributed by atoms with Crippen LogP contribution in [0.25, 0.3) is 0 Å². The zero-order valence-electron chi connectivity index (χ0n) is 16.6. The molecular formula is C21H44. The first-order valence-electron chi connectivity index (χ1n) is 9.74. The lowest BCUT2D eigenvalue weighted by Gasteiger charge is -2.36. The number of hydrogen-bond acceptors (Lipinski definition) is 0. The third-order valence-corrected chi connectivity index (χ3v) is 6.20. The van der Waals surface area contributed by atoms with Gasteiger partial charge in [-0.05, 0) is 54.3 Å². The van der Waals surface area contributed by atoms with Crippen LogP contribution in [0, 0.1) is 41.4 Å². The van der Waals surface area contributed by atoms with Gasteiger partial charge >= 0.3 is 0 Å². The summed E-state index contributed by atoms with van der Waals surface area (Å²) in [4.78, 5) is 0. The highest BCUT2D eigenvalue weighted by molar-refractivity contribution is 4.79. The summed E-state index contributed by atoms with van der Waals surface area (Å²) >= 11 is 0. The molecule has 0 heterocycles. The zero-order chi connectivity index (χ0) is 16.6. The fourth-order valence-electron chi connectivity index (χ4n) is 3.65. The third-order valence-electron chi connectivity index (χ3n) is 6.20. The van der Waals surface area contributed by atoms with Crippen LogP contribution >= 0.6 is 0 Å². The number of rotatable bonds is 11. The van der Waals surface area contributed by atoms with Gasteiger partial charge in [-0.3, -0.25) is 0 Å². The van der Waals surface area contributed by atoms with Crippen LogP contribution in [-0.4, -0.2) is 0 Å². The molecule has 0 saturated heterocycles.